The zero-order chi connectivity index (χ0) is 23.7. The number of nitrogens with one attached hydrogen (secondary N) is 2. The van der Waals surface area contributed by atoms with Crippen molar-refractivity contribution in [3.8, 4) is 22.5 Å². The van der Waals surface area contributed by atoms with Crippen LogP contribution in [0.5, 0.6) is 0 Å². The van der Waals surface area contributed by atoms with Crippen molar-refractivity contribution >= 4 is 17.1 Å². The minimum absolute atomic E-state index is 0.0207. The lowest BCUT2D eigenvalue weighted by atomic mass is 9.82. The Hall–Kier alpha value is -3.62. The molecule has 9 heteroatoms. The van der Waals surface area contributed by atoms with Crippen LogP contribution in [-0.2, 0) is 19.0 Å². The fraction of sp³-hybridized carbons (Fsp3) is 0.440. The summed E-state index contributed by atoms with van der Waals surface area (Å²) in [4.78, 5) is 22.7. The number of urea groups is 1. The Kier molecular flexibility index (Phi) is 4.43. The second-order valence-corrected chi connectivity index (χ2v) is 10.7. The number of rotatable bonds is 2. The predicted molar refractivity (Wildman–Crippen MR) is 130 cm³/mol. The Morgan fingerprint density at radius 1 is 1.21 bits per heavy atom. The zero-order valence-corrected chi connectivity index (χ0v) is 20.1. The van der Waals surface area contributed by atoms with Crippen molar-refractivity contribution in [1.29, 1.82) is 0 Å². The first kappa shape index (κ1) is 20.9. The molecule has 6 heterocycles. The van der Waals surface area contributed by atoms with Gasteiger partial charge in [0.1, 0.15) is 5.65 Å². The van der Waals surface area contributed by atoms with Gasteiger partial charge in [-0.1, -0.05) is 0 Å². The molecule has 0 bridgehead atoms. The molecule has 0 aromatic carbocycles. The smallest absolute Gasteiger partial charge is 0.317 e. The molecule has 34 heavy (non-hydrogen) atoms. The fourth-order valence-corrected chi connectivity index (χ4v) is 5.46. The number of carbonyl (C=O) groups excluding carboxylic acids is 1. The Bertz CT molecular complexity index is 1400. The summed E-state index contributed by atoms with van der Waals surface area (Å²) in [6, 6.07) is 6.39. The first-order valence-electron chi connectivity index (χ1n) is 11.8. The van der Waals surface area contributed by atoms with Crippen molar-refractivity contribution in [2.45, 2.75) is 51.1 Å². The number of amides is 2. The van der Waals surface area contributed by atoms with Gasteiger partial charge in [0.05, 0.1) is 11.4 Å². The van der Waals surface area contributed by atoms with E-state index in [-0.39, 0.29) is 17.0 Å². The summed E-state index contributed by atoms with van der Waals surface area (Å²) in [6.45, 7) is 8.44. The SMILES string of the molecule is Cn1nccc1-c1c[nH]c2ncc(-c3cc4n(n3)CCC43CCN(C(=O)NC(C)(C)C)C3)cc12. The van der Waals surface area contributed by atoms with Gasteiger partial charge in [-0.3, -0.25) is 9.36 Å². The molecule has 4 aromatic heterocycles. The van der Waals surface area contributed by atoms with E-state index >= 15 is 0 Å². The molecule has 0 radical (unpaired) electrons. The molecule has 4 aromatic rings. The zero-order valence-electron chi connectivity index (χ0n) is 20.1. The molecule has 2 aliphatic heterocycles. The van der Waals surface area contributed by atoms with E-state index in [9.17, 15) is 4.79 Å². The van der Waals surface area contributed by atoms with Crippen LogP contribution >= 0.6 is 0 Å². The van der Waals surface area contributed by atoms with Crippen LogP contribution in [-0.4, -0.2) is 59.1 Å². The number of hydrogen-bond donors (Lipinski definition) is 2. The van der Waals surface area contributed by atoms with Crippen molar-refractivity contribution < 1.29 is 4.79 Å². The second-order valence-electron chi connectivity index (χ2n) is 10.7. The second kappa shape index (κ2) is 7.19. The number of likely N-dealkylation sites (tertiary alicyclic amines) is 1. The Labute approximate surface area is 198 Å². The summed E-state index contributed by atoms with van der Waals surface area (Å²) in [6.07, 6.45) is 7.66. The molecule has 1 unspecified atom stereocenters. The monoisotopic (exact) mass is 458 g/mol. The molecule has 1 atom stereocenters. The van der Waals surface area contributed by atoms with Crippen molar-refractivity contribution in [1.82, 2.24) is 39.7 Å². The van der Waals surface area contributed by atoms with Gasteiger partial charge in [0, 0.05) is 78.4 Å². The van der Waals surface area contributed by atoms with Crippen LogP contribution in [0.1, 0.15) is 39.3 Å². The van der Waals surface area contributed by atoms with E-state index in [0.29, 0.717) is 0 Å². The third-order valence-corrected chi connectivity index (χ3v) is 7.17. The van der Waals surface area contributed by atoms with Crippen LogP contribution in [0.3, 0.4) is 0 Å². The maximum absolute atomic E-state index is 12.8. The van der Waals surface area contributed by atoms with Gasteiger partial charge in [0.25, 0.3) is 0 Å². The van der Waals surface area contributed by atoms with Crippen molar-refractivity contribution in [3.05, 3.63) is 42.5 Å². The molecular weight excluding hydrogens is 428 g/mol. The minimum atomic E-state index is -0.240. The Morgan fingerprint density at radius 3 is 2.79 bits per heavy atom. The van der Waals surface area contributed by atoms with E-state index in [4.69, 9.17) is 5.10 Å². The fourth-order valence-electron chi connectivity index (χ4n) is 5.46. The van der Waals surface area contributed by atoms with Gasteiger partial charge in [-0.15, -0.1) is 0 Å². The summed E-state index contributed by atoms with van der Waals surface area (Å²) in [7, 11) is 1.94. The molecule has 2 aliphatic rings. The van der Waals surface area contributed by atoms with Crippen molar-refractivity contribution in [2.24, 2.45) is 7.05 Å². The first-order valence-corrected chi connectivity index (χ1v) is 11.8. The van der Waals surface area contributed by atoms with Crippen LogP contribution in [0, 0.1) is 0 Å². The largest absolute Gasteiger partial charge is 0.345 e. The Balaban J connectivity index is 1.31. The average Bonchev–Trinajstić information content (AvgIpc) is 3.57. The van der Waals surface area contributed by atoms with Crippen LogP contribution < -0.4 is 5.32 Å². The molecule has 1 saturated heterocycles. The van der Waals surface area contributed by atoms with E-state index in [1.165, 1.54) is 5.69 Å². The van der Waals surface area contributed by atoms with Gasteiger partial charge in [0.2, 0.25) is 0 Å². The molecule has 2 amide bonds. The van der Waals surface area contributed by atoms with Gasteiger partial charge in [-0.2, -0.15) is 10.2 Å². The van der Waals surface area contributed by atoms with Crippen LogP contribution in [0.4, 0.5) is 4.79 Å². The average molecular weight is 459 g/mol. The highest BCUT2D eigenvalue weighted by atomic mass is 16.2. The molecule has 0 saturated carbocycles. The highest BCUT2D eigenvalue weighted by Crippen LogP contribution is 2.44. The number of carbonyl (C=O) groups is 1. The third-order valence-electron chi connectivity index (χ3n) is 7.17. The maximum Gasteiger partial charge on any atom is 0.317 e. The van der Waals surface area contributed by atoms with E-state index in [2.05, 4.69) is 37.2 Å². The van der Waals surface area contributed by atoms with Gasteiger partial charge in [-0.05, 0) is 51.8 Å². The van der Waals surface area contributed by atoms with Crippen LogP contribution in [0.2, 0.25) is 0 Å². The van der Waals surface area contributed by atoms with E-state index in [1.54, 1.807) is 6.20 Å². The van der Waals surface area contributed by atoms with E-state index in [0.717, 1.165) is 66.0 Å². The van der Waals surface area contributed by atoms with Gasteiger partial charge in [0.15, 0.2) is 0 Å². The first-order chi connectivity index (χ1) is 16.2. The molecule has 176 valence electrons. The number of aromatic nitrogens is 6. The molecule has 9 nitrogen and oxygen atoms in total. The number of aryl methyl sites for hydroxylation is 2. The minimum Gasteiger partial charge on any atom is -0.345 e. The standard InChI is InChI=1S/C25H30N8O/c1-24(2,3)29-23(34)32-9-6-25(15-32)7-10-33-21(25)12-19(30-33)16-11-17-18(14-27-22(17)26-13-16)20-5-8-28-31(20)4/h5,8,11-14H,6-7,9-10,15H2,1-4H3,(H,26,27)(H,29,34). The summed E-state index contributed by atoms with van der Waals surface area (Å²) < 4.78 is 4.00. The molecular formula is C25H30N8O. The quantitative estimate of drug-likeness (QED) is 0.479. The molecule has 0 aliphatic carbocycles. The highest BCUT2D eigenvalue weighted by molar-refractivity contribution is 5.94. The lowest BCUT2D eigenvalue weighted by Gasteiger charge is -2.27. The third kappa shape index (κ3) is 3.29. The van der Waals surface area contributed by atoms with Crippen molar-refractivity contribution in [2.75, 3.05) is 13.1 Å². The number of aromatic amines is 1. The summed E-state index contributed by atoms with van der Waals surface area (Å²) in [5.41, 5.74) is 5.85. The number of pyridine rings is 1. The lowest BCUT2D eigenvalue weighted by molar-refractivity contribution is 0.196. The summed E-state index contributed by atoms with van der Waals surface area (Å²) in [5.74, 6) is 0. The summed E-state index contributed by atoms with van der Waals surface area (Å²) >= 11 is 0. The summed E-state index contributed by atoms with van der Waals surface area (Å²) in [5, 5.41) is 13.4. The van der Waals surface area contributed by atoms with E-state index in [1.807, 2.05) is 55.9 Å². The number of fused-ring (bicyclic) bond motifs is 3. The molecule has 6 rings (SSSR count). The predicted octanol–water partition coefficient (Wildman–Crippen LogP) is 3.68. The molecule has 2 N–H and O–H groups in total. The lowest BCUT2D eigenvalue weighted by Crippen LogP contribution is -2.48. The van der Waals surface area contributed by atoms with Gasteiger partial charge >= 0.3 is 6.03 Å². The topological polar surface area (TPSA) is 96.7 Å². The van der Waals surface area contributed by atoms with Crippen LogP contribution in [0.15, 0.2) is 36.8 Å². The Morgan fingerprint density at radius 2 is 2.03 bits per heavy atom. The van der Waals surface area contributed by atoms with Gasteiger partial charge in [-0.25, -0.2) is 9.78 Å². The molecule has 1 spiro atoms. The highest BCUT2D eigenvalue weighted by Gasteiger charge is 2.47. The number of hydrogen-bond acceptors (Lipinski definition) is 4. The van der Waals surface area contributed by atoms with Crippen molar-refractivity contribution in [3.63, 3.8) is 0 Å². The van der Waals surface area contributed by atoms with Gasteiger partial charge < -0.3 is 15.2 Å². The normalized spacial score (nSPS) is 19.9. The molecule has 1 fully saturated rings. The number of nitrogens with zero attached hydrogens (tertiary/aromatic N) is 6. The van der Waals surface area contributed by atoms with Crippen LogP contribution in [0.25, 0.3) is 33.5 Å². The van der Waals surface area contributed by atoms with E-state index < -0.39 is 0 Å². The number of H-pyrrole nitrogens is 1. The maximum atomic E-state index is 12.8.